The van der Waals surface area contributed by atoms with Gasteiger partial charge in [0, 0.05) is 10.6 Å². The van der Waals surface area contributed by atoms with Gasteiger partial charge >= 0.3 is 5.97 Å². The molecule has 0 aliphatic carbocycles. The summed E-state index contributed by atoms with van der Waals surface area (Å²) in [5.41, 5.74) is 5.52. The first-order chi connectivity index (χ1) is 7.13. The van der Waals surface area contributed by atoms with Crippen molar-refractivity contribution in [3.05, 3.63) is 24.0 Å². The van der Waals surface area contributed by atoms with Gasteiger partial charge in [0.15, 0.2) is 0 Å². The maximum Gasteiger partial charge on any atom is 0.306 e. The van der Waals surface area contributed by atoms with Crippen LogP contribution in [0.1, 0.15) is 6.42 Å². The van der Waals surface area contributed by atoms with Crippen molar-refractivity contribution in [2.24, 2.45) is 0 Å². The minimum Gasteiger partial charge on any atom is -0.469 e. The second kappa shape index (κ2) is 5.60. The fourth-order valence-corrected chi connectivity index (χ4v) is 1.84. The number of carbonyl (C=O) groups excluding carboxylic acids is 1. The van der Waals surface area contributed by atoms with E-state index in [9.17, 15) is 9.18 Å². The van der Waals surface area contributed by atoms with Crippen LogP contribution in [0.5, 0.6) is 0 Å². The molecule has 5 heteroatoms. The monoisotopic (exact) mass is 229 g/mol. The van der Waals surface area contributed by atoms with E-state index in [0.717, 1.165) is 4.90 Å². The lowest BCUT2D eigenvalue weighted by Gasteiger charge is -2.02. The Kier molecular flexibility index (Phi) is 4.42. The summed E-state index contributed by atoms with van der Waals surface area (Å²) in [6.07, 6.45) is 0.332. The summed E-state index contributed by atoms with van der Waals surface area (Å²) in [7, 11) is 1.35. The number of benzene rings is 1. The van der Waals surface area contributed by atoms with E-state index >= 15 is 0 Å². The first-order valence-electron chi connectivity index (χ1n) is 4.38. The fraction of sp³-hybridized carbons (Fsp3) is 0.300. The van der Waals surface area contributed by atoms with Crippen LogP contribution in [0.15, 0.2) is 23.1 Å². The molecular formula is C10H12FNO2S. The highest BCUT2D eigenvalue weighted by Crippen LogP contribution is 2.22. The van der Waals surface area contributed by atoms with Crippen LogP contribution in [0.4, 0.5) is 10.1 Å². The van der Waals surface area contributed by atoms with Gasteiger partial charge in [0.25, 0.3) is 0 Å². The van der Waals surface area contributed by atoms with Crippen molar-refractivity contribution in [2.75, 3.05) is 18.6 Å². The average Bonchev–Trinajstić information content (AvgIpc) is 2.23. The molecular weight excluding hydrogens is 217 g/mol. The topological polar surface area (TPSA) is 52.3 Å². The molecule has 0 radical (unpaired) electrons. The highest BCUT2D eigenvalue weighted by molar-refractivity contribution is 7.99. The number of thioether (sulfide) groups is 1. The Labute approximate surface area is 91.8 Å². The molecule has 1 rings (SSSR count). The average molecular weight is 229 g/mol. The van der Waals surface area contributed by atoms with Crippen molar-refractivity contribution in [1.29, 1.82) is 0 Å². The molecule has 82 valence electrons. The van der Waals surface area contributed by atoms with Crippen molar-refractivity contribution in [2.45, 2.75) is 11.3 Å². The van der Waals surface area contributed by atoms with Crippen LogP contribution < -0.4 is 5.73 Å². The van der Waals surface area contributed by atoms with Crippen molar-refractivity contribution >= 4 is 23.4 Å². The summed E-state index contributed by atoms with van der Waals surface area (Å²) < 4.78 is 17.3. The number of nitrogens with two attached hydrogens (primary N) is 1. The molecule has 0 heterocycles. The number of nitrogen functional groups attached to an aromatic ring is 1. The first-order valence-corrected chi connectivity index (χ1v) is 5.36. The van der Waals surface area contributed by atoms with Gasteiger partial charge in [0.2, 0.25) is 0 Å². The van der Waals surface area contributed by atoms with Crippen LogP contribution in [-0.2, 0) is 9.53 Å². The summed E-state index contributed by atoms with van der Waals surface area (Å²) in [5, 5.41) is 0. The van der Waals surface area contributed by atoms with Crippen molar-refractivity contribution in [3.63, 3.8) is 0 Å². The number of methoxy groups -OCH3 is 1. The maximum absolute atomic E-state index is 12.8. The Morgan fingerprint density at radius 3 is 2.93 bits per heavy atom. The van der Waals surface area contributed by atoms with Gasteiger partial charge in [-0.15, -0.1) is 11.8 Å². The van der Waals surface area contributed by atoms with Crippen LogP contribution in [0.2, 0.25) is 0 Å². The molecule has 3 nitrogen and oxygen atoms in total. The van der Waals surface area contributed by atoms with Crippen LogP contribution in [0, 0.1) is 5.82 Å². The number of anilines is 1. The third-order valence-corrected chi connectivity index (χ3v) is 2.77. The van der Waals surface area contributed by atoms with Gasteiger partial charge in [0.05, 0.1) is 19.2 Å². The fourth-order valence-electron chi connectivity index (χ4n) is 0.966. The Morgan fingerprint density at radius 2 is 2.33 bits per heavy atom. The number of hydrogen-bond donors (Lipinski definition) is 1. The molecule has 0 saturated heterocycles. The van der Waals surface area contributed by atoms with Gasteiger partial charge in [-0.3, -0.25) is 4.79 Å². The van der Waals surface area contributed by atoms with E-state index < -0.39 is 5.82 Å². The number of carbonyl (C=O) groups is 1. The summed E-state index contributed by atoms with van der Waals surface area (Å²) >= 11 is 1.44. The number of rotatable bonds is 4. The van der Waals surface area contributed by atoms with Crippen LogP contribution in [0.3, 0.4) is 0 Å². The van der Waals surface area contributed by atoms with Crippen molar-refractivity contribution < 1.29 is 13.9 Å². The zero-order chi connectivity index (χ0) is 11.3. The summed E-state index contributed by atoms with van der Waals surface area (Å²) in [6, 6.07) is 4.50. The number of halogens is 1. The van der Waals surface area contributed by atoms with Gasteiger partial charge in [0.1, 0.15) is 5.82 Å². The van der Waals surface area contributed by atoms with Gasteiger partial charge < -0.3 is 10.5 Å². The number of ether oxygens (including phenoxy) is 1. The number of esters is 1. The highest BCUT2D eigenvalue weighted by Gasteiger charge is 2.03. The predicted molar refractivity (Wildman–Crippen MR) is 58.2 cm³/mol. The standard InChI is InChI=1S/C10H12FNO2S/c1-14-10(13)4-5-15-7-2-3-8(11)9(12)6-7/h2-3,6H,4-5,12H2,1H3. The number of hydrogen-bond acceptors (Lipinski definition) is 4. The highest BCUT2D eigenvalue weighted by atomic mass is 32.2. The van der Waals surface area contributed by atoms with E-state index in [0.29, 0.717) is 12.2 Å². The molecule has 15 heavy (non-hydrogen) atoms. The van der Waals surface area contributed by atoms with Crippen LogP contribution in [-0.4, -0.2) is 18.8 Å². The molecule has 1 aromatic rings. The lowest BCUT2D eigenvalue weighted by atomic mass is 10.3. The van der Waals surface area contributed by atoms with E-state index in [1.807, 2.05) is 0 Å². The Hall–Kier alpha value is -1.23. The largest absolute Gasteiger partial charge is 0.469 e. The predicted octanol–water partition coefficient (Wildman–Crippen LogP) is 2.06. The molecule has 0 aliphatic rings. The molecule has 2 N–H and O–H groups in total. The van der Waals surface area contributed by atoms with Gasteiger partial charge in [-0.2, -0.15) is 0 Å². The lowest BCUT2D eigenvalue weighted by molar-refractivity contribution is -0.140. The summed E-state index contributed by atoms with van der Waals surface area (Å²) in [4.78, 5) is 11.6. The zero-order valence-electron chi connectivity index (χ0n) is 8.33. The maximum atomic E-state index is 12.8. The van der Waals surface area contributed by atoms with E-state index in [1.54, 1.807) is 12.1 Å². The molecule has 0 bridgehead atoms. The Bertz CT molecular complexity index is 357. The molecule has 0 fully saturated rings. The molecule has 0 atom stereocenters. The molecule has 0 unspecified atom stereocenters. The second-order valence-electron chi connectivity index (χ2n) is 2.86. The summed E-state index contributed by atoms with van der Waals surface area (Å²) in [5.74, 6) is -0.0810. The van der Waals surface area contributed by atoms with Crippen LogP contribution in [0.25, 0.3) is 0 Å². The zero-order valence-corrected chi connectivity index (χ0v) is 9.14. The quantitative estimate of drug-likeness (QED) is 0.488. The minimum atomic E-state index is -0.424. The second-order valence-corrected chi connectivity index (χ2v) is 4.03. The smallest absolute Gasteiger partial charge is 0.306 e. The van der Waals surface area contributed by atoms with Gasteiger partial charge in [-0.25, -0.2) is 4.39 Å². The summed E-state index contributed by atoms with van der Waals surface area (Å²) in [6.45, 7) is 0. The third-order valence-electron chi connectivity index (χ3n) is 1.77. The Balaban J connectivity index is 2.44. The molecule has 0 saturated carbocycles. The third kappa shape index (κ3) is 3.79. The SMILES string of the molecule is COC(=O)CCSc1ccc(F)c(N)c1. The molecule has 0 aromatic heterocycles. The Morgan fingerprint density at radius 1 is 1.60 bits per heavy atom. The van der Waals surface area contributed by atoms with E-state index in [4.69, 9.17) is 5.73 Å². The molecule has 1 aromatic carbocycles. The van der Waals surface area contributed by atoms with Gasteiger partial charge in [-0.1, -0.05) is 0 Å². The van der Waals surface area contributed by atoms with Crippen LogP contribution >= 0.6 is 11.8 Å². The van der Waals surface area contributed by atoms with E-state index in [-0.39, 0.29) is 11.7 Å². The van der Waals surface area contributed by atoms with Gasteiger partial charge in [-0.05, 0) is 18.2 Å². The molecule has 0 aliphatic heterocycles. The van der Waals surface area contributed by atoms with E-state index in [2.05, 4.69) is 4.74 Å². The first kappa shape index (κ1) is 11.8. The van der Waals surface area contributed by atoms with E-state index in [1.165, 1.54) is 24.9 Å². The molecule has 0 spiro atoms. The minimum absolute atomic E-state index is 0.123. The van der Waals surface area contributed by atoms with Crippen molar-refractivity contribution in [1.82, 2.24) is 0 Å². The normalized spacial score (nSPS) is 10.0. The van der Waals surface area contributed by atoms with Crippen molar-refractivity contribution in [3.8, 4) is 0 Å². The lowest BCUT2D eigenvalue weighted by Crippen LogP contribution is -2.01. The molecule has 0 amide bonds.